The van der Waals surface area contributed by atoms with Crippen molar-refractivity contribution in [3.8, 4) is 0 Å². The van der Waals surface area contributed by atoms with Gasteiger partial charge in [-0.3, -0.25) is 9.97 Å². The fourth-order valence-corrected chi connectivity index (χ4v) is 1.37. The molecule has 0 spiro atoms. The molecule has 0 saturated heterocycles. The smallest absolute Gasteiger partial charge is 0.146 e. The second-order valence-electron chi connectivity index (χ2n) is 3.53. The van der Waals surface area contributed by atoms with Gasteiger partial charge in [0.2, 0.25) is 0 Å². The van der Waals surface area contributed by atoms with Gasteiger partial charge in [-0.2, -0.15) is 0 Å². The lowest BCUT2D eigenvalue weighted by Gasteiger charge is -2.07. The minimum absolute atomic E-state index is 0.246. The second-order valence-corrected chi connectivity index (χ2v) is 3.53. The maximum absolute atomic E-state index is 13.5. The molecule has 0 radical (unpaired) electrons. The van der Waals surface area contributed by atoms with Gasteiger partial charge in [-0.25, -0.2) is 4.39 Å². The number of hydrogen-bond donors (Lipinski definition) is 1. The van der Waals surface area contributed by atoms with E-state index in [0.717, 1.165) is 11.3 Å². The third kappa shape index (κ3) is 2.53. The Morgan fingerprint density at radius 3 is 2.88 bits per heavy atom. The van der Waals surface area contributed by atoms with Crippen molar-refractivity contribution in [2.75, 3.05) is 5.32 Å². The molecule has 2 aromatic rings. The van der Waals surface area contributed by atoms with E-state index in [2.05, 4.69) is 15.3 Å². The summed E-state index contributed by atoms with van der Waals surface area (Å²) in [5, 5.41) is 2.98. The summed E-state index contributed by atoms with van der Waals surface area (Å²) in [5.74, 6) is -0.246. The highest BCUT2D eigenvalue weighted by Crippen LogP contribution is 2.15. The summed E-state index contributed by atoms with van der Waals surface area (Å²) in [4.78, 5) is 8.03. The summed E-state index contributed by atoms with van der Waals surface area (Å²) in [6, 6.07) is 5.09. The van der Waals surface area contributed by atoms with Crippen molar-refractivity contribution < 1.29 is 4.39 Å². The van der Waals surface area contributed by atoms with E-state index in [4.69, 9.17) is 0 Å². The van der Waals surface area contributed by atoms with E-state index < -0.39 is 0 Å². The van der Waals surface area contributed by atoms with Crippen molar-refractivity contribution in [3.63, 3.8) is 0 Å². The molecule has 1 aromatic carbocycles. The van der Waals surface area contributed by atoms with Crippen molar-refractivity contribution in [3.05, 3.63) is 53.9 Å². The van der Waals surface area contributed by atoms with Crippen molar-refractivity contribution >= 4 is 5.69 Å². The zero-order chi connectivity index (χ0) is 11.4. The Morgan fingerprint density at radius 2 is 2.19 bits per heavy atom. The van der Waals surface area contributed by atoms with Crippen LogP contribution in [0.1, 0.15) is 11.3 Å². The van der Waals surface area contributed by atoms with Gasteiger partial charge >= 0.3 is 0 Å². The van der Waals surface area contributed by atoms with Gasteiger partial charge in [-0.05, 0) is 24.6 Å². The first kappa shape index (κ1) is 10.5. The number of aryl methyl sites for hydroxylation is 1. The highest BCUT2D eigenvalue weighted by Gasteiger charge is 2.01. The Kier molecular flexibility index (Phi) is 3.10. The van der Waals surface area contributed by atoms with Gasteiger partial charge in [0.05, 0.1) is 24.1 Å². The number of halogens is 1. The molecule has 2 rings (SSSR count). The van der Waals surface area contributed by atoms with E-state index in [1.165, 1.54) is 6.07 Å². The molecule has 0 saturated carbocycles. The van der Waals surface area contributed by atoms with Gasteiger partial charge in [0.1, 0.15) is 5.82 Å². The quantitative estimate of drug-likeness (QED) is 0.858. The van der Waals surface area contributed by atoms with Crippen molar-refractivity contribution in [2.24, 2.45) is 0 Å². The zero-order valence-electron chi connectivity index (χ0n) is 8.94. The monoisotopic (exact) mass is 217 g/mol. The van der Waals surface area contributed by atoms with Crippen molar-refractivity contribution in [1.29, 1.82) is 0 Å². The van der Waals surface area contributed by atoms with Crippen LogP contribution >= 0.6 is 0 Å². The van der Waals surface area contributed by atoms with E-state index in [9.17, 15) is 4.39 Å². The van der Waals surface area contributed by atoms with Crippen molar-refractivity contribution in [1.82, 2.24) is 9.97 Å². The molecule has 16 heavy (non-hydrogen) atoms. The normalized spacial score (nSPS) is 10.1. The lowest BCUT2D eigenvalue weighted by atomic mass is 10.2. The maximum atomic E-state index is 13.5. The molecule has 0 aliphatic carbocycles. The lowest BCUT2D eigenvalue weighted by molar-refractivity contribution is 0.629. The Balaban J connectivity index is 2.05. The summed E-state index contributed by atoms with van der Waals surface area (Å²) in [6.45, 7) is 2.32. The lowest BCUT2D eigenvalue weighted by Crippen LogP contribution is -2.03. The van der Waals surface area contributed by atoms with Crippen LogP contribution in [0.3, 0.4) is 0 Å². The molecule has 0 unspecified atom stereocenters. The number of aromatic nitrogens is 2. The fraction of sp³-hybridized carbons (Fsp3) is 0.167. The van der Waals surface area contributed by atoms with Crippen LogP contribution in [0.2, 0.25) is 0 Å². The number of benzene rings is 1. The molecule has 0 aliphatic heterocycles. The summed E-state index contributed by atoms with van der Waals surface area (Å²) in [7, 11) is 0. The first-order valence-corrected chi connectivity index (χ1v) is 5.00. The highest BCUT2D eigenvalue weighted by atomic mass is 19.1. The number of anilines is 1. The molecule has 0 atom stereocenters. The molecule has 1 aromatic heterocycles. The maximum Gasteiger partial charge on any atom is 0.146 e. The standard InChI is InChI=1S/C12H12FN3/c1-9-2-3-12(11(13)6-9)16-8-10-7-14-4-5-15-10/h2-7,16H,8H2,1H3. The van der Waals surface area contributed by atoms with Crippen LogP contribution in [0, 0.1) is 12.7 Å². The third-order valence-corrected chi connectivity index (χ3v) is 2.20. The van der Waals surface area contributed by atoms with Crippen LogP contribution in [0.25, 0.3) is 0 Å². The summed E-state index contributed by atoms with van der Waals surface area (Å²) < 4.78 is 13.5. The van der Waals surface area contributed by atoms with Gasteiger partial charge in [0.15, 0.2) is 0 Å². The van der Waals surface area contributed by atoms with Crippen LogP contribution in [0.4, 0.5) is 10.1 Å². The number of hydrogen-bond acceptors (Lipinski definition) is 3. The molecule has 0 amide bonds. The molecule has 0 bridgehead atoms. The third-order valence-electron chi connectivity index (χ3n) is 2.20. The largest absolute Gasteiger partial charge is 0.377 e. The molecule has 4 heteroatoms. The predicted molar refractivity (Wildman–Crippen MR) is 60.5 cm³/mol. The van der Waals surface area contributed by atoms with Gasteiger partial charge in [-0.1, -0.05) is 6.07 Å². The summed E-state index contributed by atoms with van der Waals surface area (Å²) in [6.07, 6.45) is 4.87. The summed E-state index contributed by atoms with van der Waals surface area (Å²) >= 11 is 0. The Morgan fingerprint density at radius 1 is 1.31 bits per heavy atom. The van der Waals surface area contributed by atoms with Gasteiger partial charge in [0, 0.05) is 12.4 Å². The van der Waals surface area contributed by atoms with Crippen LogP contribution < -0.4 is 5.32 Å². The topological polar surface area (TPSA) is 37.8 Å². The van der Waals surface area contributed by atoms with Crippen LogP contribution in [0.15, 0.2) is 36.8 Å². The molecular formula is C12H12FN3. The molecular weight excluding hydrogens is 205 g/mol. The zero-order valence-corrected chi connectivity index (χ0v) is 8.94. The Bertz CT molecular complexity index is 471. The van der Waals surface area contributed by atoms with Gasteiger partial charge in [0.25, 0.3) is 0 Å². The highest BCUT2D eigenvalue weighted by molar-refractivity contribution is 5.46. The minimum Gasteiger partial charge on any atom is -0.377 e. The Hall–Kier alpha value is -1.97. The second kappa shape index (κ2) is 4.70. The number of nitrogens with zero attached hydrogens (tertiary/aromatic N) is 2. The van der Waals surface area contributed by atoms with E-state index in [1.54, 1.807) is 24.7 Å². The van der Waals surface area contributed by atoms with Gasteiger partial charge in [-0.15, -0.1) is 0 Å². The van der Waals surface area contributed by atoms with Crippen LogP contribution in [0.5, 0.6) is 0 Å². The summed E-state index contributed by atoms with van der Waals surface area (Å²) in [5.41, 5.74) is 2.17. The van der Waals surface area contributed by atoms with Gasteiger partial charge < -0.3 is 5.32 Å². The first-order valence-electron chi connectivity index (χ1n) is 5.00. The minimum atomic E-state index is -0.246. The molecule has 1 N–H and O–H groups in total. The average Bonchev–Trinajstić information content (AvgIpc) is 2.29. The van der Waals surface area contributed by atoms with E-state index >= 15 is 0 Å². The van der Waals surface area contributed by atoms with Crippen LogP contribution in [-0.4, -0.2) is 9.97 Å². The number of rotatable bonds is 3. The molecule has 1 heterocycles. The van der Waals surface area contributed by atoms with Crippen LogP contribution in [-0.2, 0) is 6.54 Å². The Labute approximate surface area is 93.4 Å². The van der Waals surface area contributed by atoms with E-state index in [0.29, 0.717) is 12.2 Å². The predicted octanol–water partition coefficient (Wildman–Crippen LogP) is 2.54. The average molecular weight is 217 g/mol. The molecule has 3 nitrogen and oxygen atoms in total. The SMILES string of the molecule is Cc1ccc(NCc2cnccn2)c(F)c1. The molecule has 0 aliphatic rings. The van der Waals surface area contributed by atoms with E-state index in [1.807, 2.05) is 13.0 Å². The molecule has 82 valence electrons. The van der Waals surface area contributed by atoms with Crippen molar-refractivity contribution in [2.45, 2.75) is 13.5 Å². The first-order chi connectivity index (χ1) is 7.75. The fourth-order valence-electron chi connectivity index (χ4n) is 1.37. The van der Waals surface area contributed by atoms with E-state index in [-0.39, 0.29) is 5.82 Å². The number of nitrogens with one attached hydrogen (secondary N) is 1. The molecule has 0 fully saturated rings.